The first-order valence-corrected chi connectivity index (χ1v) is 18.7. The van der Waals surface area contributed by atoms with Crippen LogP contribution in [0.25, 0.3) is 77.3 Å². The van der Waals surface area contributed by atoms with Crippen LogP contribution in [0.3, 0.4) is 0 Å². The molecule has 10 rings (SSSR count). The highest BCUT2D eigenvalue weighted by molar-refractivity contribution is 6.25. The first kappa shape index (κ1) is 32.3. The van der Waals surface area contributed by atoms with Gasteiger partial charge in [-0.2, -0.15) is 0 Å². The molecule has 0 fully saturated rings. The van der Waals surface area contributed by atoms with Gasteiger partial charge in [0.25, 0.3) is 0 Å². The van der Waals surface area contributed by atoms with Gasteiger partial charge in [-0.25, -0.2) is 9.97 Å². The maximum absolute atomic E-state index is 5.49. The highest BCUT2D eigenvalue weighted by Gasteiger charge is 2.19. The summed E-state index contributed by atoms with van der Waals surface area (Å²) in [5, 5.41) is 5.86. The third-order valence-corrected chi connectivity index (χ3v) is 10.4. The molecule has 0 aliphatic rings. The number of hydrogen-bond acceptors (Lipinski definition) is 3. The Bertz CT molecular complexity index is 2850. The summed E-state index contributed by atoms with van der Waals surface area (Å²) >= 11 is 0. The number of benzene rings is 8. The Balaban J connectivity index is 1.19. The number of hydrogen-bond donors (Lipinski definition) is 0. The van der Waals surface area contributed by atoms with Crippen molar-refractivity contribution in [2.24, 2.45) is 0 Å². The zero-order chi connectivity index (χ0) is 36.6. The van der Waals surface area contributed by atoms with E-state index >= 15 is 0 Å². The zero-order valence-corrected chi connectivity index (χ0v) is 30.0. The first-order chi connectivity index (χ1) is 27.3. The van der Waals surface area contributed by atoms with E-state index in [1.54, 1.807) is 0 Å². The summed E-state index contributed by atoms with van der Waals surface area (Å²) in [5.41, 5.74) is 12.6. The number of rotatable bonds is 7. The lowest BCUT2D eigenvalue weighted by Crippen LogP contribution is -2.09. The van der Waals surface area contributed by atoms with Crippen LogP contribution >= 0.6 is 0 Å². The lowest BCUT2D eigenvalue weighted by molar-refractivity contribution is 1.28. The molecule has 0 radical (unpaired) electrons. The molecule has 0 atom stereocenters. The van der Waals surface area contributed by atoms with Crippen LogP contribution in [0.4, 0.5) is 17.1 Å². The third kappa shape index (κ3) is 5.98. The molecule has 258 valence electrons. The van der Waals surface area contributed by atoms with Crippen molar-refractivity contribution in [1.82, 2.24) is 9.97 Å². The molecule has 3 nitrogen and oxygen atoms in total. The van der Waals surface area contributed by atoms with Gasteiger partial charge in [-0.15, -0.1) is 0 Å². The van der Waals surface area contributed by atoms with E-state index in [0.29, 0.717) is 0 Å². The normalized spacial score (nSPS) is 11.3. The fourth-order valence-corrected chi connectivity index (χ4v) is 7.84. The summed E-state index contributed by atoms with van der Waals surface area (Å²) in [6.07, 6.45) is 0. The Hall–Kier alpha value is -7.36. The minimum Gasteiger partial charge on any atom is -0.311 e. The van der Waals surface area contributed by atoms with Crippen molar-refractivity contribution < 1.29 is 0 Å². The van der Waals surface area contributed by atoms with Gasteiger partial charge in [0.05, 0.1) is 22.6 Å². The summed E-state index contributed by atoms with van der Waals surface area (Å²) in [6.45, 7) is 0. The summed E-state index contributed by atoms with van der Waals surface area (Å²) in [4.78, 5) is 13.0. The van der Waals surface area contributed by atoms with Crippen LogP contribution in [0.2, 0.25) is 0 Å². The van der Waals surface area contributed by atoms with E-state index in [-0.39, 0.29) is 0 Å². The van der Waals surface area contributed by atoms with Crippen molar-refractivity contribution in [2.45, 2.75) is 0 Å². The molecule has 3 heteroatoms. The molecule has 8 aromatic carbocycles. The molecule has 2 aromatic heterocycles. The van der Waals surface area contributed by atoms with Crippen LogP contribution in [-0.4, -0.2) is 9.97 Å². The Labute approximate surface area is 320 Å². The van der Waals surface area contributed by atoms with Gasteiger partial charge in [0.2, 0.25) is 0 Å². The quantitative estimate of drug-likeness (QED) is 0.155. The highest BCUT2D eigenvalue weighted by atomic mass is 15.1. The third-order valence-electron chi connectivity index (χ3n) is 10.4. The minimum absolute atomic E-state index is 0.938. The fraction of sp³-hybridized carbons (Fsp3) is 0. The molecule has 0 saturated carbocycles. The van der Waals surface area contributed by atoms with Crippen LogP contribution in [0.15, 0.2) is 212 Å². The average molecular weight is 702 g/mol. The lowest BCUT2D eigenvalue weighted by Gasteiger charge is -2.25. The van der Waals surface area contributed by atoms with Crippen LogP contribution in [0.1, 0.15) is 0 Å². The zero-order valence-electron chi connectivity index (χ0n) is 30.0. The second-order valence-corrected chi connectivity index (χ2v) is 13.8. The molecule has 0 amide bonds. The van der Waals surface area contributed by atoms with Crippen LogP contribution in [0.5, 0.6) is 0 Å². The number of nitrogens with zero attached hydrogens (tertiary/aromatic N) is 3. The molecule has 0 aliphatic heterocycles. The molecule has 0 aliphatic carbocycles. The second kappa shape index (κ2) is 13.9. The summed E-state index contributed by atoms with van der Waals surface area (Å²) in [5.74, 6) is 0. The monoisotopic (exact) mass is 701 g/mol. The van der Waals surface area contributed by atoms with Gasteiger partial charge in [0.15, 0.2) is 0 Å². The number of fused-ring (bicyclic) bond motifs is 5. The van der Waals surface area contributed by atoms with E-state index < -0.39 is 0 Å². The van der Waals surface area contributed by atoms with E-state index in [2.05, 4.69) is 205 Å². The molecule has 0 unspecified atom stereocenters. The summed E-state index contributed by atoms with van der Waals surface area (Å²) in [7, 11) is 0. The van der Waals surface area contributed by atoms with E-state index in [1.807, 2.05) is 12.1 Å². The van der Waals surface area contributed by atoms with Gasteiger partial charge in [-0.05, 0) is 76.5 Å². The molecule has 10 aromatic rings. The van der Waals surface area contributed by atoms with Crippen molar-refractivity contribution in [3.05, 3.63) is 212 Å². The fourth-order valence-electron chi connectivity index (χ4n) is 7.84. The average Bonchev–Trinajstić information content (AvgIpc) is 3.27. The predicted molar refractivity (Wildman–Crippen MR) is 231 cm³/mol. The summed E-state index contributed by atoms with van der Waals surface area (Å²) in [6, 6.07) is 74.9. The number of pyridine rings is 2. The molecular formula is C52H35N3. The van der Waals surface area contributed by atoms with Crippen molar-refractivity contribution in [1.29, 1.82) is 0 Å². The smallest absolute Gasteiger partial charge is 0.0788 e. The van der Waals surface area contributed by atoms with E-state index in [0.717, 1.165) is 78.3 Å². The van der Waals surface area contributed by atoms with Crippen molar-refractivity contribution in [2.75, 3.05) is 4.90 Å². The Kier molecular flexibility index (Phi) is 8.16. The van der Waals surface area contributed by atoms with Crippen molar-refractivity contribution in [3.63, 3.8) is 0 Å². The lowest BCUT2D eigenvalue weighted by atomic mass is 9.90. The van der Waals surface area contributed by atoms with Gasteiger partial charge in [-0.1, -0.05) is 158 Å². The van der Waals surface area contributed by atoms with Gasteiger partial charge in [0.1, 0.15) is 0 Å². The Morgan fingerprint density at radius 1 is 0.327 bits per heavy atom. The van der Waals surface area contributed by atoms with Crippen molar-refractivity contribution in [3.8, 4) is 44.9 Å². The van der Waals surface area contributed by atoms with E-state index in [4.69, 9.17) is 9.97 Å². The van der Waals surface area contributed by atoms with Gasteiger partial charge in [0, 0.05) is 49.9 Å². The molecule has 55 heavy (non-hydrogen) atoms. The van der Waals surface area contributed by atoms with Gasteiger partial charge < -0.3 is 4.90 Å². The molecule has 0 saturated heterocycles. The van der Waals surface area contributed by atoms with E-state index in [1.165, 1.54) is 16.2 Å². The molecule has 0 bridgehead atoms. The topological polar surface area (TPSA) is 29.0 Å². The summed E-state index contributed by atoms with van der Waals surface area (Å²) < 4.78 is 0. The maximum atomic E-state index is 5.49. The first-order valence-electron chi connectivity index (χ1n) is 18.7. The maximum Gasteiger partial charge on any atom is 0.0788 e. The van der Waals surface area contributed by atoms with Crippen LogP contribution in [-0.2, 0) is 0 Å². The van der Waals surface area contributed by atoms with E-state index in [9.17, 15) is 0 Å². The molecular weight excluding hydrogens is 667 g/mol. The second-order valence-electron chi connectivity index (χ2n) is 13.8. The predicted octanol–water partition coefficient (Wildman–Crippen LogP) is 14.1. The Morgan fingerprint density at radius 3 is 1.49 bits per heavy atom. The van der Waals surface area contributed by atoms with Gasteiger partial charge in [-0.3, -0.25) is 0 Å². The molecule has 0 N–H and O–H groups in total. The number of aromatic nitrogens is 2. The van der Waals surface area contributed by atoms with Crippen molar-refractivity contribution >= 4 is 49.5 Å². The SMILES string of the molecule is c1ccc(-c2cc(-c3cccc4nc(-c5ccc(N(c6ccccc6)c6ccccc6)cc5)c5ccc6ccccc6c5c34)cc(-c3ccccc3)n2)cc1. The number of anilines is 3. The Morgan fingerprint density at radius 2 is 0.873 bits per heavy atom. The minimum atomic E-state index is 0.938. The standard InChI is InChI=1S/C52H35N3/c1-5-17-37(18-6-1)48-34-40(35-49(53-48)38-19-7-2-8-20-38)45-26-15-27-47-51(45)50-44-25-14-13-16-36(44)30-33-46(50)52(54-47)39-28-31-43(32-29-39)55(41-21-9-3-10-22-41)42-23-11-4-12-24-42/h1-35H. The highest BCUT2D eigenvalue weighted by Crippen LogP contribution is 2.43. The number of para-hydroxylation sites is 2. The van der Waals surface area contributed by atoms with Gasteiger partial charge >= 0.3 is 0 Å². The van der Waals surface area contributed by atoms with Crippen LogP contribution in [0, 0.1) is 0 Å². The molecule has 0 spiro atoms. The molecule has 2 heterocycles. The van der Waals surface area contributed by atoms with Crippen LogP contribution < -0.4 is 4.90 Å². The largest absolute Gasteiger partial charge is 0.311 e.